The molecule has 3 nitrogen and oxygen atoms in total. The number of aryl methyl sites for hydroxylation is 1. The van der Waals surface area contributed by atoms with Crippen molar-refractivity contribution in [3.8, 4) is 11.5 Å². The second-order valence-corrected chi connectivity index (χ2v) is 4.78. The lowest BCUT2D eigenvalue weighted by molar-refractivity contribution is 0.270. The summed E-state index contributed by atoms with van der Waals surface area (Å²) in [5.41, 5.74) is 7.54. The predicted molar refractivity (Wildman–Crippen MR) is 81.2 cm³/mol. The highest BCUT2D eigenvalue weighted by molar-refractivity contribution is 5.36. The molecule has 0 spiro atoms. The molecule has 1 atom stereocenters. The third kappa shape index (κ3) is 3.73. The van der Waals surface area contributed by atoms with E-state index in [9.17, 15) is 4.39 Å². The molecule has 0 aliphatic carbocycles. The Hall–Kier alpha value is -2.07. The second kappa shape index (κ2) is 7.09. The van der Waals surface area contributed by atoms with Crippen LogP contribution in [0.4, 0.5) is 4.39 Å². The normalized spacial score (nSPS) is 12.0. The van der Waals surface area contributed by atoms with Crippen molar-refractivity contribution >= 4 is 0 Å². The first kappa shape index (κ1) is 15.3. The van der Waals surface area contributed by atoms with E-state index < -0.39 is 0 Å². The molecule has 0 radical (unpaired) electrons. The number of hydrogen-bond acceptors (Lipinski definition) is 3. The van der Waals surface area contributed by atoms with Gasteiger partial charge in [0.15, 0.2) is 11.6 Å². The second-order valence-electron chi connectivity index (χ2n) is 4.78. The van der Waals surface area contributed by atoms with E-state index in [-0.39, 0.29) is 24.2 Å². The Morgan fingerprint density at radius 2 is 1.76 bits per heavy atom. The van der Waals surface area contributed by atoms with Crippen molar-refractivity contribution < 1.29 is 13.9 Å². The van der Waals surface area contributed by atoms with Gasteiger partial charge in [-0.1, -0.05) is 30.3 Å². The standard InChI is InChI=1S/C17H20FNO2/c1-3-20-15-9-5-4-8-13(15)14(19)11-21-16-10-6-7-12(2)17(16)18/h4-10,14H,3,11,19H2,1-2H3. The summed E-state index contributed by atoms with van der Waals surface area (Å²) in [6.07, 6.45) is 0. The maximum atomic E-state index is 13.9. The summed E-state index contributed by atoms with van der Waals surface area (Å²) in [6.45, 7) is 4.37. The fourth-order valence-corrected chi connectivity index (χ4v) is 2.08. The van der Waals surface area contributed by atoms with Crippen LogP contribution in [0.2, 0.25) is 0 Å². The third-order valence-electron chi connectivity index (χ3n) is 3.19. The molecule has 2 N–H and O–H groups in total. The van der Waals surface area contributed by atoms with E-state index in [4.69, 9.17) is 15.2 Å². The van der Waals surface area contributed by atoms with Crippen LogP contribution in [0.25, 0.3) is 0 Å². The van der Waals surface area contributed by atoms with Gasteiger partial charge in [0.25, 0.3) is 0 Å². The summed E-state index contributed by atoms with van der Waals surface area (Å²) in [5, 5.41) is 0. The molecule has 0 aliphatic heterocycles. The summed E-state index contributed by atoms with van der Waals surface area (Å²) in [7, 11) is 0. The zero-order valence-electron chi connectivity index (χ0n) is 12.3. The highest BCUT2D eigenvalue weighted by Gasteiger charge is 2.14. The van der Waals surface area contributed by atoms with Gasteiger partial charge in [-0.15, -0.1) is 0 Å². The van der Waals surface area contributed by atoms with Crippen LogP contribution in [0.15, 0.2) is 42.5 Å². The summed E-state index contributed by atoms with van der Waals surface area (Å²) in [4.78, 5) is 0. The minimum absolute atomic E-state index is 0.185. The monoisotopic (exact) mass is 289 g/mol. The molecule has 0 heterocycles. The van der Waals surface area contributed by atoms with Crippen LogP contribution >= 0.6 is 0 Å². The summed E-state index contributed by atoms with van der Waals surface area (Å²) < 4.78 is 24.9. The first-order chi connectivity index (χ1) is 10.1. The van der Waals surface area contributed by atoms with Gasteiger partial charge < -0.3 is 15.2 Å². The van der Waals surface area contributed by atoms with Gasteiger partial charge in [-0.3, -0.25) is 0 Å². The Kier molecular flexibility index (Phi) is 5.17. The molecular weight excluding hydrogens is 269 g/mol. The predicted octanol–water partition coefficient (Wildman–Crippen LogP) is 3.61. The Labute approximate surface area is 124 Å². The SMILES string of the molecule is CCOc1ccccc1C(N)COc1cccc(C)c1F. The molecule has 2 aromatic rings. The Bertz CT molecular complexity index is 601. The molecule has 2 rings (SSSR count). The fraction of sp³-hybridized carbons (Fsp3) is 0.294. The van der Waals surface area contributed by atoms with Crippen molar-refractivity contribution in [2.24, 2.45) is 5.73 Å². The molecule has 0 aliphatic rings. The highest BCUT2D eigenvalue weighted by Crippen LogP contribution is 2.25. The minimum atomic E-state index is -0.382. The lowest BCUT2D eigenvalue weighted by Gasteiger charge is -2.17. The summed E-state index contributed by atoms with van der Waals surface area (Å²) in [6, 6.07) is 12.2. The molecule has 0 aromatic heterocycles. The number of benzene rings is 2. The molecule has 1 unspecified atom stereocenters. The van der Waals surface area contributed by atoms with Gasteiger partial charge in [-0.05, 0) is 31.5 Å². The van der Waals surface area contributed by atoms with Gasteiger partial charge in [0, 0.05) is 5.56 Å². The first-order valence-electron chi connectivity index (χ1n) is 6.98. The average molecular weight is 289 g/mol. The molecule has 0 saturated carbocycles. The van der Waals surface area contributed by atoms with Gasteiger partial charge >= 0.3 is 0 Å². The largest absolute Gasteiger partial charge is 0.494 e. The van der Waals surface area contributed by atoms with Crippen LogP contribution in [0.1, 0.15) is 24.1 Å². The van der Waals surface area contributed by atoms with E-state index in [2.05, 4.69) is 0 Å². The van der Waals surface area contributed by atoms with E-state index in [1.54, 1.807) is 25.1 Å². The van der Waals surface area contributed by atoms with E-state index in [0.29, 0.717) is 12.2 Å². The lowest BCUT2D eigenvalue weighted by atomic mass is 10.1. The van der Waals surface area contributed by atoms with Crippen molar-refractivity contribution in [1.29, 1.82) is 0 Å². The fourth-order valence-electron chi connectivity index (χ4n) is 2.08. The van der Waals surface area contributed by atoms with Gasteiger partial charge in [0.2, 0.25) is 0 Å². The van der Waals surface area contributed by atoms with Gasteiger partial charge in [0.1, 0.15) is 12.4 Å². The van der Waals surface area contributed by atoms with Gasteiger partial charge in [-0.2, -0.15) is 0 Å². The Balaban J connectivity index is 2.08. The maximum Gasteiger partial charge on any atom is 0.167 e. The van der Waals surface area contributed by atoms with E-state index in [1.807, 2.05) is 31.2 Å². The zero-order chi connectivity index (χ0) is 15.2. The third-order valence-corrected chi connectivity index (χ3v) is 3.19. The molecule has 0 amide bonds. The average Bonchev–Trinajstić information content (AvgIpc) is 2.49. The molecule has 0 fully saturated rings. The van der Waals surface area contributed by atoms with E-state index in [1.165, 1.54) is 0 Å². The molecule has 112 valence electrons. The first-order valence-corrected chi connectivity index (χ1v) is 6.98. The Morgan fingerprint density at radius 3 is 2.52 bits per heavy atom. The number of rotatable bonds is 6. The number of hydrogen-bond donors (Lipinski definition) is 1. The minimum Gasteiger partial charge on any atom is -0.494 e. The topological polar surface area (TPSA) is 44.5 Å². The molecule has 21 heavy (non-hydrogen) atoms. The Morgan fingerprint density at radius 1 is 1.05 bits per heavy atom. The van der Waals surface area contributed by atoms with Crippen LogP contribution in [-0.4, -0.2) is 13.2 Å². The van der Waals surface area contributed by atoms with E-state index in [0.717, 1.165) is 11.3 Å². The van der Waals surface area contributed by atoms with Gasteiger partial charge in [-0.25, -0.2) is 4.39 Å². The quantitative estimate of drug-likeness (QED) is 0.883. The number of ether oxygens (including phenoxy) is 2. The van der Waals surface area contributed by atoms with Crippen LogP contribution in [0.5, 0.6) is 11.5 Å². The molecular formula is C17H20FNO2. The van der Waals surface area contributed by atoms with Crippen molar-refractivity contribution in [2.75, 3.05) is 13.2 Å². The smallest absolute Gasteiger partial charge is 0.167 e. The number of nitrogens with two attached hydrogens (primary N) is 1. The number of para-hydroxylation sites is 1. The molecule has 0 bridgehead atoms. The van der Waals surface area contributed by atoms with Crippen LogP contribution in [-0.2, 0) is 0 Å². The van der Waals surface area contributed by atoms with Crippen molar-refractivity contribution in [1.82, 2.24) is 0 Å². The molecule has 0 saturated heterocycles. The van der Waals surface area contributed by atoms with Crippen LogP contribution in [0.3, 0.4) is 0 Å². The zero-order valence-corrected chi connectivity index (χ0v) is 12.3. The van der Waals surface area contributed by atoms with Crippen molar-refractivity contribution in [3.63, 3.8) is 0 Å². The molecule has 2 aromatic carbocycles. The summed E-state index contributed by atoms with van der Waals surface area (Å²) >= 11 is 0. The lowest BCUT2D eigenvalue weighted by Crippen LogP contribution is -2.20. The van der Waals surface area contributed by atoms with E-state index >= 15 is 0 Å². The van der Waals surface area contributed by atoms with Crippen molar-refractivity contribution in [3.05, 3.63) is 59.4 Å². The van der Waals surface area contributed by atoms with Gasteiger partial charge in [0.05, 0.1) is 12.6 Å². The van der Waals surface area contributed by atoms with Crippen molar-refractivity contribution in [2.45, 2.75) is 19.9 Å². The summed E-state index contributed by atoms with van der Waals surface area (Å²) in [5.74, 6) is 0.614. The number of halogens is 1. The molecule has 4 heteroatoms. The maximum absolute atomic E-state index is 13.9. The van der Waals surface area contributed by atoms with Crippen LogP contribution in [0, 0.1) is 12.7 Å². The highest BCUT2D eigenvalue weighted by atomic mass is 19.1. The van der Waals surface area contributed by atoms with Crippen LogP contribution < -0.4 is 15.2 Å².